The molecular weight excluding hydrogens is 446 g/mol. The Balaban J connectivity index is 5.09. The van der Waals surface area contributed by atoms with E-state index in [-0.39, 0.29) is 29.3 Å². The summed E-state index contributed by atoms with van der Waals surface area (Å²) < 4.78 is 57.9. The van der Waals surface area contributed by atoms with Crippen LogP contribution in [0.2, 0.25) is 0 Å². The highest BCUT2D eigenvalue weighted by Crippen LogP contribution is 2.65. The first-order valence-corrected chi connectivity index (χ1v) is 10.2. The Hall–Kier alpha value is 2.11. The summed E-state index contributed by atoms with van der Waals surface area (Å²) in [5.74, 6) is -6.06. The summed E-state index contributed by atoms with van der Waals surface area (Å²) in [6.07, 6.45) is 0. The molecule has 0 radical (unpaired) electrons. The van der Waals surface area contributed by atoms with E-state index >= 15 is 0 Å². The highest BCUT2D eigenvalue weighted by atomic mass is 79.9. The molecule has 110 valence electrons. The van der Waals surface area contributed by atoms with Crippen LogP contribution in [-0.4, -0.2) is 31.0 Å². The van der Waals surface area contributed by atoms with E-state index in [1.165, 1.54) is 0 Å². The topological polar surface area (TPSA) is 0 Å². The van der Waals surface area contributed by atoms with Gasteiger partial charge < -0.3 is 0 Å². The lowest BCUT2D eigenvalue weighted by atomic mass is 10.9. The summed E-state index contributed by atoms with van der Waals surface area (Å²) in [7, 11) is 0.531. The van der Waals surface area contributed by atoms with Gasteiger partial charge >= 0.3 is 0 Å². The second-order valence-electron chi connectivity index (χ2n) is 2.44. The quantitative estimate of drug-likeness (QED) is 0.225. The zero-order valence-corrected chi connectivity index (χ0v) is 14.6. The standard InChI is InChI=1S/C6H6BrCl2F5S4/c7-18-6(9,17-4(13)14)5(8,15-2-1-10)16-3(11)12/h3-4H,1-2H2. The molecule has 0 heterocycles. The second kappa shape index (κ2) is 9.19. The maximum atomic E-state index is 12.5. The van der Waals surface area contributed by atoms with Crippen molar-refractivity contribution >= 4 is 83.5 Å². The molecule has 0 saturated heterocycles. The number of thioether (sulfide) groups is 3. The third-order valence-electron chi connectivity index (χ3n) is 1.30. The number of halogens is 8. The Morgan fingerprint density at radius 2 is 1.44 bits per heavy atom. The molecule has 0 spiro atoms. The Morgan fingerprint density at radius 3 is 1.78 bits per heavy atom. The van der Waals surface area contributed by atoms with Crippen LogP contribution in [0.15, 0.2) is 0 Å². The van der Waals surface area contributed by atoms with Gasteiger partial charge in [0, 0.05) is 5.75 Å². The monoisotopic (exact) mass is 450 g/mol. The van der Waals surface area contributed by atoms with Crippen LogP contribution >= 0.6 is 83.5 Å². The average molecular weight is 452 g/mol. The molecule has 0 aromatic rings. The van der Waals surface area contributed by atoms with Crippen LogP contribution in [0, 0.1) is 0 Å². The first-order valence-electron chi connectivity index (χ1n) is 4.00. The molecule has 0 aliphatic heterocycles. The van der Waals surface area contributed by atoms with Crippen LogP contribution in [0.1, 0.15) is 0 Å². The zero-order chi connectivity index (χ0) is 14.4. The van der Waals surface area contributed by atoms with E-state index < -0.39 is 25.3 Å². The highest BCUT2D eigenvalue weighted by Gasteiger charge is 2.55. The summed E-state index contributed by atoms with van der Waals surface area (Å²) in [6, 6.07) is 0. The van der Waals surface area contributed by atoms with Crippen molar-refractivity contribution in [2.24, 2.45) is 0 Å². The maximum absolute atomic E-state index is 12.5. The fourth-order valence-corrected chi connectivity index (χ4v) is 7.87. The van der Waals surface area contributed by atoms with Gasteiger partial charge in [0.25, 0.3) is 11.5 Å². The SMILES string of the molecule is FCCSC(Cl)(SC(F)F)C(Cl)(SBr)SC(F)F. The van der Waals surface area contributed by atoms with Gasteiger partial charge in [-0.25, -0.2) is 0 Å². The number of rotatable bonds is 9. The molecule has 2 atom stereocenters. The van der Waals surface area contributed by atoms with Crippen LogP contribution in [0.4, 0.5) is 22.0 Å². The van der Waals surface area contributed by atoms with Crippen molar-refractivity contribution in [2.45, 2.75) is 18.6 Å². The third-order valence-corrected chi connectivity index (χ3v) is 11.0. The van der Waals surface area contributed by atoms with Gasteiger partial charge in [-0.15, -0.1) is 11.8 Å². The molecule has 18 heavy (non-hydrogen) atoms. The first kappa shape index (κ1) is 20.1. The lowest BCUT2D eigenvalue weighted by Crippen LogP contribution is -2.36. The predicted octanol–water partition coefficient (Wildman–Crippen LogP) is 6.43. The molecule has 0 amide bonds. The Kier molecular flexibility index (Phi) is 10.3. The number of hydrogen-bond donors (Lipinski definition) is 0. The molecule has 0 nitrogen and oxygen atoms in total. The minimum atomic E-state index is -2.93. The highest BCUT2D eigenvalue weighted by molar-refractivity contribution is 9.50. The number of hydrogen-bond acceptors (Lipinski definition) is 4. The molecule has 0 aromatic heterocycles. The van der Waals surface area contributed by atoms with Crippen LogP contribution in [0.25, 0.3) is 0 Å². The molecule has 0 saturated carbocycles. The van der Waals surface area contributed by atoms with Crippen LogP contribution in [0.5, 0.6) is 0 Å². The third kappa shape index (κ3) is 6.26. The van der Waals surface area contributed by atoms with Gasteiger partial charge in [0.15, 0.2) is 7.08 Å². The smallest absolute Gasteiger partial charge is 0.250 e. The van der Waals surface area contributed by atoms with Crippen molar-refractivity contribution in [2.75, 3.05) is 12.4 Å². The molecular formula is C6H6BrCl2F5S4. The van der Waals surface area contributed by atoms with Crippen molar-refractivity contribution in [1.29, 1.82) is 0 Å². The van der Waals surface area contributed by atoms with E-state index in [0.29, 0.717) is 22.0 Å². The van der Waals surface area contributed by atoms with E-state index in [1.54, 1.807) is 0 Å². The largest absolute Gasteiger partial charge is 0.287 e. The molecule has 0 aliphatic rings. The minimum absolute atomic E-state index is 0.0800. The van der Waals surface area contributed by atoms with Gasteiger partial charge in [-0.2, -0.15) is 17.6 Å². The van der Waals surface area contributed by atoms with E-state index in [1.807, 2.05) is 0 Å². The minimum Gasteiger partial charge on any atom is -0.250 e. The van der Waals surface area contributed by atoms with Gasteiger partial charge in [-0.1, -0.05) is 46.7 Å². The lowest BCUT2D eigenvalue weighted by molar-refractivity contribution is 0.249. The zero-order valence-electron chi connectivity index (χ0n) is 8.23. The van der Waals surface area contributed by atoms with Gasteiger partial charge in [0.1, 0.15) is 0 Å². The molecule has 0 N–H and O–H groups in total. The molecule has 0 rings (SSSR count). The van der Waals surface area contributed by atoms with E-state index in [2.05, 4.69) is 14.8 Å². The summed E-state index contributed by atoms with van der Waals surface area (Å²) in [5, 5.41) is 0. The second-order valence-corrected chi connectivity index (χ2v) is 10.4. The van der Waals surface area contributed by atoms with Gasteiger partial charge in [0.2, 0.25) is 0 Å². The van der Waals surface area contributed by atoms with Crippen molar-refractivity contribution in [3.8, 4) is 0 Å². The molecule has 0 fully saturated rings. The van der Waals surface area contributed by atoms with Crippen molar-refractivity contribution in [3.63, 3.8) is 0 Å². The average Bonchev–Trinajstić information content (AvgIpc) is 2.24. The summed E-state index contributed by atoms with van der Waals surface area (Å²) in [5.41, 5.74) is 0. The van der Waals surface area contributed by atoms with E-state index in [4.69, 9.17) is 23.2 Å². The Labute approximate surface area is 135 Å². The van der Waals surface area contributed by atoms with Gasteiger partial charge in [-0.3, -0.25) is 4.39 Å². The molecule has 0 bridgehead atoms. The fraction of sp³-hybridized carbons (Fsp3) is 1.00. The Morgan fingerprint density at radius 1 is 1.00 bits per heavy atom. The van der Waals surface area contributed by atoms with Gasteiger partial charge in [-0.05, 0) is 25.0 Å². The van der Waals surface area contributed by atoms with Crippen LogP contribution in [0.3, 0.4) is 0 Å². The molecule has 12 heteroatoms. The molecule has 2 unspecified atom stereocenters. The van der Waals surface area contributed by atoms with Gasteiger partial charge in [0.05, 0.1) is 6.67 Å². The molecule has 0 aliphatic carbocycles. The van der Waals surface area contributed by atoms with Crippen molar-refractivity contribution < 1.29 is 22.0 Å². The lowest BCUT2D eigenvalue weighted by Gasteiger charge is -2.38. The first-order chi connectivity index (χ1) is 8.20. The van der Waals surface area contributed by atoms with Crippen LogP contribution < -0.4 is 0 Å². The van der Waals surface area contributed by atoms with E-state index in [9.17, 15) is 22.0 Å². The van der Waals surface area contributed by atoms with Crippen molar-refractivity contribution in [1.82, 2.24) is 0 Å². The van der Waals surface area contributed by atoms with Crippen molar-refractivity contribution in [3.05, 3.63) is 0 Å². The van der Waals surface area contributed by atoms with E-state index in [0.717, 1.165) is 0 Å². The Bertz CT molecular complexity index is 254. The molecule has 0 aromatic carbocycles. The summed E-state index contributed by atoms with van der Waals surface area (Å²) in [4.78, 5) is 0. The fourth-order valence-electron chi connectivity index (χ4n) is 0.724. The summed E-state index contributed by atoms with van der Waals surface area (Å²) >= 11 is 15.0. The maximum Gasteiger partial charge on any atom is 0.287 e. The van der Waals surface area contributed by atoms with Crippen LogP contribution in [-0.2, 0) is 0 Å². The summed E-state index contributed by atoms with van der Waals surface area (Å²) in [6.45, 7) is -0.831. The normalized spacial score (nSPS) is 19.0. The predicted molar refractivity (Wildman–Crippen MR) is 79.3 cm³/mol. The number of alkyl halides is 7.